The van der Waals surface area contributed by atoms with Crippen LogP contribution in [0.3, 0.4) is 0 Å². The van der Waals surface area contributed by atoms with E-state index in [0.717, 1.165) is 0 Å². The summed E-state index contributed by atoms with van der Waals surface area (Å²) >= 11 is 3.29. The number of aromatic nitrogens is 2. The second kappa shape index (κ2) is 4.71. The summed E-state index contributed by atoms with van der Waals surface area (Å²) in [6.45, 7) is 0. The first kappa shape index (κ1) is 11.9. The van der Waals surface area contributed by atoms with Gasteiger partial charge >= 0.3 is 0 Å². The highest BCUT2D eigenvalue weighted by Crippen LogP contribution is 2.20. The Kier molecular flexibility index (Phi) is 3.10. The summed E-state index contributed by atoms with van der Waals surface area (Å²) in [5.74, 6) is 0. The molecule has 1 aromatic heterocycles. The van der Waals surface area contributed by atoms with E-state index < -0.39 is 0 Å². The Labute approximate surface area is 111 Å². The molecule has 0 atom stereocenters. The monoisotopic (exact) mass is 297 g/mol. The molecule has 0 saturated carbocycles. The fourth-order valence-corrected chi connectivity index (χ4v) is 1.99. The highest BCUT2D eigenvalue weighted by molar-refractivity contribution is 9.10. The van der Waals surface area contributed by atoms with Crippen LogP contribution < -0.4 is 0 Å². The molecule has 0 unspecified atom stereocenters. The molecule has 0 saturated heterocycles. The molecule has 2 rings (SSSR count). The first-order valence-electron chi connectivity index (χ1n) is 4.78. The van der Waals surface area contributed by atoms with E-state index in [0.29, 0.717) is 15.7 Å². The molecule has 0 spiro atoms. The SMILES string of the molecule is N#Cc1cc(Br)cc(-n2cnc(C#N)c2C#N)c1. The standard InChI is InChI=1S/C12H4BrN5/c13-9-1-8(4-14)2-10(3-9)18-7-17-11(5-15)12(18)6-16/h1-3,7H. The second-order valence-corrected chi connectivity index (χ2v) is 4.26. The zero-order valence-electron chi connectivity index (χ0n) is 8.92. The molecule has 0 aliphatic carbocycles. The third kappa shape index (κ3) is 1.96. The summed E-state index contributed by atoms with van der Waals surface area (Å²) in [5, 5.41) is 26.8. The lowest BCUT2D eigenvalue weighted by molar-refractivity contribution is 1.03. The third-order valence-corrected chi connectivity index (χ3v) is 2.73. The maximum atomic E-state index is 9.04. The normalized spacial score (nSPS) is 9.22. The highest BCUT2D eigenvalue weighted by Gasteiger charge is 2.12. The summed E-state index contributed by atoms with van der Waals surface area (Å²) < 4.78 is 2.19. The lowest BCUT2D eigenvalue weighted by Crippen LogP contribution is -1.97. The van der Waals surface area contributed by atoms with Gasteiger partial charge in [-0.25, -0.2) is 4.98 Å². The molecular weight excluding hydrogens is 294 g/mol. The van der Waals surface area contributed by atoms with Crippen molar-refractivity contribution in [1.82, 2.24) is 9.55 Å². The van der Waals surface area contributed by atoms with Crippen molar-refractivity contribution in [3.05, 3.63) is 46.0 Å². The predicted octanol–water partition coefficient (Wildman–Crippen LogP) is 2.25. The van der Waals surface area contributed by atoms with Crippen molar-refractivity contribution in [2.45, 2.75) is 0 Å². The van der Waals surface area contributed by atoms with Gasteiger partial charge < -0.3 is 0 Å². The van der Waals surface area contributed by atoms with E-state index in [1.165, 1.54) is 10.9 Å². The van der Waals surface area contributed by atoms with Crippen LogP contribution in [-0.2, 0) is 0 Å². The fourth-order valence-electron chi connectivity index (χ4n) is 1.51. The van der Waals surface area contributed by atoms with Gasteiger partial charge in [0, 0.05) is 4.47 Å². The lowest BCUT2D eigenvalue weighted by Gasteiger charge is -2.04. The number of nitrogens with zero attached hydrogens (tertiary/aromatic N) is 5. The topological polar surface area (TPSA) is 89.2 Å². The molecule has 2 aromatic rings. The molecule has 0 aliphatic rings. The average Bonchev–Trinajstić information content (AvgIpc) is 2.80. The number of halogens is 1. The molecule has 0 fully saturated rings. The molecule has 0 amide bonds. The fraction of sp³-hybridized carbons (Fsp3) is 0. The van der Waals surface area contributed by atoms with Gasteiger partial charge in [0.25, 0.3) is 0 Å². The summed E-state index contributed by atoms with van der Waals surface area (Å²) in [5.41, 5.74) is 1.28. The van der Waals surface area contributed by atoms with Crippen molar-refractivity contribution in [3.63, 3.8) is 0 Å². The molecule has 0 aliphatic heterocycles. The van der Waals surface area contributed by atoms with Crippen molar-refractivity contribution in [3.8, 4) is 23.9 Å². The molecule has 84 valence electrons. The van der Waals surface area contributed by atoms with E-state index in [2.05, 4.69) is 20.9 Å². The van der Waals surface area contributed by atoms with E-state index in [4.69, 9.17) is 15.8 Å². The molecule has 6 heteroatoms. The molecule has 1 heterocycles. The zero-order chi connectivity index (χ0) is 13.1. The highest BCUT2D eigenvalue weighted by atomic mass is 79.9. The Balaban J connectivity index is 2.68. The first-order chi connectivity index (χ1) is 8.69. The number of imidazole rings is 1. The van der Waals surface area contributed by atoms with Gasteiger partial charge in [-0.3, -0.25) is 4.57 Å². The van der Waals surface area contributed by atoms with Gasteiger partial charge in [-0.2, -0.15) is 15.8 Å². The van der Waals surface area contributed by atoms with Crippen molar-refractivity contribution >= 4 is 15.9 Å². The third-order valence-electron chi connectivity index (χ3n) is 2.27. The van der Waals surface area contributed by atoms with E-state index in [1.54, 1.807) is 18.2 Å². The molecule has 0 bridgehead atoms. The van der Waals surface area contributed by atoms with Crippen LogP contribution in [0.2, 0.25) is 0 Å². The van der Waals surface area contributed by atoms with Gasteiger partial charge in [0.2, 0.25) is 0 Å². The molecule has 0 N–H and O–H groups in total. The largest absolute Gasteiger partial charge is 0.289 e. The second-order valence-electron chi connectivity index (χ2n) is 3.35. The Hall–Kier alpha value is -2.62. The number of benzene rings is 1. The first-order valence-corrected chi connectivity index (χ1v) is 5.57. The van der Waals surface area contributed by atoms with Gasteiger partial charge in [0.1, 0.15) is 18.5 Å². The number of hydrogen-bond donors (Lipinski definition) is 0. The summed E-state index contributed by atoms with van der Waals surface area (Å²) in [7, 11) is 0. The van der Waals surface area contributed by atoms with Crippen molar-refractivity contribution in [2.24, 2.45) is 0 Å². The number of nitriles is 3. The minimum Gasteiger partial charge on any atom is -0.289 e. The zero-order valence-corrected chi connectivity index (χ0v) is 10.5. The Bertz CT molecular complexity index is 739. The van der Waals surface area contributed by atoms with Crippen LogP contribution in [0.15, 0.2) is 29.0 Å². The maximum absolute atomic E-state index is 9.04. The van der Waals surface area contributed by atoms with Crippen LogP contribution in [0.5, 0.6) is 0 Å². The van der Waals surface area contributed by atoms with Crippen LogP contribution in [0, 0.1) is 34.0 Å². The van der Waals surface area contributed by atoms with Gasteiger partial charge in [-0.05, 0) is 18.2 Å². The van der Waals surface area contributed by atoms with E-state index in [9.17, 15) is 0 Å². The predicted molar refractivity (Wildman–Crippen MR) is 65.4 cm³/mol. The van der Waals surface area contributed by atoms with Gasteiger partial charge in [-0.1, -0.05) is 15.9 Å². The number of rotatable bonds is 1. The van der Waals surface area contributed by atoms with Gasteiger partial charge in [-0.15, -0.1) is 0 Å². The van der Waals surface area contributed by atoms with Crippen LogP contribution in [0.4, 0.5) is 0 Å². The van der Waals surface area contributed by atoms with Gasteiger partial charge in [0.05, 0.1) is 17.3 Å². The average molecular weight is 298 g/mol. The van der Waals surface area contributed by atoms with Crippen LogP contribution in [-0.4, -0.2) is 9.55 Å². The minimum absolute atomic E-state index is 0.0657. The number of hydrogen-bond acceptors (Lipinski definition) is 4. The minimum atomic E-state index is 0.0657. The smallest absolute Gasteiger partial charge is 0.177 e. The molecule has 18 heavy (non-hydrogen) atoms. The van der Waals surface area contributed by atoms with Crippen LogP contribution in [0.25, 0.3) is 5.69 Å². The van der Waals surface area contributed by atoms with Gasteiger partial charge in [0.15, 0.2) is 11.4 Å². The maximum Gasteiger partial charge on any atom is 0.177 e. The Morgan fingerprint density at radius 2 is 1.83 bits per heavy atom. The van der Waals surface area contributed by atoms with Crippen molar-refractivity contribution < 1.29 is 0 Å². The molecule has 0 radical (unpaired) electrons. The summed E-state index contributed by atoms with van der Waals surface area (Å²) in [4.78, 5) is 3.85. The molecular formula is C12H4BrN5. The van der Waals surface area contributed by atoms with E-state index in [-0.39, 0.29) is 11.4 Å². The van der Waals surface area contributed by atoms with Crippen molar-refractivity contribution in [1.29, 1.82) is 15.8 Å². The lowest BCUT2D eigenvalue weighted by atomic mass is 10.2. The summed E-state index contributed by atoms with van der Waals surface area (Å²) in [6, 6.07) is 10.8. The Morgan fingerprint density at radius 1 is 1.06 bits per heavy atom. The molecule has 5 nitrogen and oxygen atoms in total. The van der Waals surface area contributed by atoms with Crippen LogP contribution in [0.1, 0.15) is 17.0 Å². The van der Waals surface area contributed by atoms with Crippen LogP contribution >= 0.6 is 15.9 Å². The molecule has 1 aromatic carbocycles. The summed E-state index contributed by atoms with van der Waals surface area (Å²) in [6.07, 6.45) is 1.39. The van der Waals surface area contributed by atoms with E-state index in [1.807, 2.05) is 18.2 Å². The van der Waals surface area contributed by atoms with Crippen molar-refractivity contribution in [2.75, 3.05) is 0 Å². The van der Waals surface area contributed by atoms with E-state index >= 15 is 0 Å². The Morgan fingerprint density at radius 3 is 2.44 bits per heavy atom. The quantitative estimate of drug-likeness (QED) is 0.807.